The summed E-state index contributed by atoms with van der Waals surface area (Å²) in [5.41, 5.74) is 2.15. The number of piperidine rings is 1. The average molecular weight is 284 g/mol. The third kappa shape index (κ3) is 2.77. The molecule has 0 aliphatic carbocycles. The molecule has 1 fully saturated rings. The highest BCUT2D eigenvalue weighted by Gasteiger charge is 2.14. The van der Waals surface area contributed by atoms with Gasteiger partial charge in [-0.3, -0.25) is 0 Å². The van der Waals surface area contributed by atoms with Crippen molar-refractivity contribution in [2.24, 2.45) is 5.92 Å². The largest absolute Gasteiger partial charge is 0.508 e. The third-order valence-electron chi connectivity index (χ3n) is 3.30. The molecule has 1 aliphatic heterocycles. The van der Waals surface area contributed by atoms with Gasteiger partial charge >= 0.3 is 0 Å². The summed E-state index contributed by atoms with van der Waals surface area (Å²) in [6.45, 7) is 4.18. The van der Waals surface area contributed by atoms with Crippen LogP contribution >= 0.6 is 15.9 Å². The van der Waals surface area contributed by atoms with Crippen LogP contribution in [0.1, 0.15) is 24.0 Å². The Morgan fingerprint density at radius 2 is 2.31 bits per heavy atom. The molecule has 0 radical (unpaired) electrons. The van der Waals surface area contributed by atoms with E-state index in [0.29, 0.717) is 11.7 Å². The van der Waals surface area contributed by atoms with Crippen LogP contribution in [0.5, 0.6) is 5.75 Å². The lowest BCUT2D eigenvalue weighted by atomic mass is 9.92. The molecule has 88 valence electrons. The number of phenols is 1. The summed E-state index contributed by atoms with van der Waals surface area (Å²) in [4.78, 5) is 0. The number of rotatable bonds is 2. The van der Waals surface area contributed by atoms with Gasteiger partial charge in [-0.25, -0.2) is 0 Å². The summed E-state index contributed by atoms with van der Waals surface area (Å²) >= 11 is 3.49. The molecular formula is C13H18BrNO. The Balaban J connectivity index is 2.09. The van der Waals surface area contributed by atoms with Crippen LogP contribution in [-0.2, 0) is 6.42 Å². The summed E-state index contributed by atoms with van der Waals surface area (Å²) in [6.07, 6.45) is 3.61. The van der Waals surface area contributed by atoms with Gasteiger partial charge in [0.2, 0.25) is 0 Å². The second kappa shape index (κ2) is 5.19. The molecule has 1 aliphatic rings. The van der Waals surface area contributed by atoms with Gasteiger partial charge in [-0.1, -0.05) is 15.9 Å². The summed E-state index contributed by atoms with van der Waals surface area (Å²) in [7, 11) is 0. The molecule has 1 saturated heterocycles. The lowest BCUT2D eigenvalue weighted by Crippen LogP contribution is -2.30. The summed E-state index contributed by atoms with van der Waals surface area (Å²) in [5, 5.41) is 13.2. The van der Waals surface area contributed by atoms with Crippen LogP contribution in [0.25, 0.3) is 0 Å². The van der Waals surface area contributed by atoms with Gasteiger partial charge in [-0.2, -0.15) is 0 Å². The Morgan fingerprint density at radius 1 is 1.50 bits per heavy atom. The zero-order chi connectivity index (χ0) is 11.5. The van der Waals surface area contributed by atoms with E-state index in [-0.39, 0.29) is 0 Å². The average Bonchev–Trinajstić information content (AvgIpc) is 2.27. The van der Waals surface area contributed by atoms with Gasteiger partial charge in [0.05, 0.1) is 0 Å². The zero-order valence-corrected chi connectivity index (χ0v) is 11.2. The van der Waals surface area contributed by atoms with Crippen LogP contribution in [0.15, 0.2) is 16.6 Å². The predicted molar refractivity (Wildman–Crippen MR) is 69.8 cm³/mol. The summed E-state index contributed by atoms with van der Waals surface area (Å²) < 4.78 is 1.01. The first kappa shape index (κ1) is 11.9. The summed E-state index contributed by atoms with van der Waals surface area (Å²) in [5.74, 6) is 1.11. The number of hydrogen-bond acceptors (Lipinski definition) is 2. The highest BCUT2D eigenvalue weighted by molar-refractivity contribution is 9.10. The quantitative estimate of drug-likeness (QED) is 0.875. The fourth-order valence-corrected chi connectivity index (χ4v) is 2.77. The van der Waals surface area contributed by atoms with E-state index in [2.05, 4.69) is 27.3 Å². The van der Waals surface area contributed by atoms with E-state index in [4.69, 9.17) is 0 Å². The fraction of sp³-hybridized carbons (Fsp3) is 0.538. The Kier molecular flexibility index (Phi) is 3.87. The highest BCUT2D eigenvalue weighted by atomic mass is 79.9. The number of benzene rings is 1. The third-order valence-corrected chi connectivity index (χ3v) is 4.12. The Bertz CT molecular complexity index is 349. The van der Waals surface area contributed by atoms with E-state index >= 15 is 0 Å². The SMILES string of the molecule is Cc1c(O)cc(CC2CCCNC2)cc1Br. The lowest BCUT2D eigenvalue weighted by molar-refractivity contribution is 0.375. The van der Waals surface area contributed by atoms with Crippen molar-refractivity contribution in [3.8, 4) is 5.75 Å². The van der Waals surface area contributed by atoms with Gasteiger partial charge in [-0.15, -0.1) is 0 Å². The minimum Gasteiger partial charge on any atom is -0.508 e. The van der Waals surface area contributed by atoms with E-state index in [1.807, 2.05) is 13.0 Å². The molecule has 2 nitrogen and oxygen atoms in total. The number of nitrogens with one attached hydrogen (secondary N) is 1. The normalized spacial score (nSPS) is 21.0. The van der Waals surface area contributed by atoms with Crippen molar-refractivity contribution < 1.29 is 5.11 Å². The van der Waals surface area contributed by atoms with Crippen LogP contribution in [0.2, 0.25) is 0 Å². The highest BCUT2D eigenvalue weighted by Crippen LogP contribution is 2.28. The molecule has 16 heavy (non-hydrogen) atoms. The van der Waals surface area contributed by atoms with Crippen LogP contribution in [0.4, 0.5) is 0 Å². The van der Waals surface area contributed by atoms with Gasteiger partial charge in [0, 0.05) is 10.0 Å². The molecule has 1 unspecified atom stereocenters. The van der Waals surface area contributed by atoms with Crippen LogP contribution in [0.3, 0.4) is 0 Å². The smallest absolute Gasteiger partial charge is 0.119 e. The number of halogens is 1. The van der Waals surface area contributed by atoms with Crippen LogP contribution < -0.4 is 5.32 Å². The van der Waals surface area contributed by atoms with Gasteiger partial charge in [0.15, 0.2) is 0 Å². The molecule has 1 aromatic carbocycles. The molecular weight excluding hydrogens is 266 g/mol. The second-order valence-electron chi connectivity index (χ2n) is 4.64. The van der Waals surface area contributed by atoms with Gasteiger partial charge in [0.25, 0.3) is 0 Å². The molecule has 0 bridgehead atoms. The molecule has 3 heteroatoms. The predicted octanol–water partition coefficient (Wildman–Crippen LogP) is 3.01. The van der Waals surface area contributed by atoms with E-state index in [1.54, 1.807) is 0 Å². The molecule has 1 heterocycles. The molecule has 2 rings (SSSR count). The van der Waals surface area contributed by atoms with Crippen molar-refractivity contribution in [2.45, 2.75) is 26.2 Å². The first-order valence-electron chi connectivity index (χ1n) is 5.85. The van der Waals surface area contributed by atoms with E-state index in [9.17, 15) is 5.11 Å². The number of aromatic hydroxyl groups is 1. The molecule has 2 N–H and O–H groups in total. The van der Waals surface area contributed by atoms with Crippen LogP contribution in [-0.4, -0.2) is 18.2 Å². The molecule has 1 atom stereocenters. The monoisotopic (exact) mass is 283 g/mol. The Hall–Kier alpha value is -0.540. The molecule has 1 aromatic rings. The van der Waals surface area contributed by atoms with Crippen LogP contribution in [0, 0.1) is 12.8 Å². The van der Waals surface area contributed by atoms with Gasteiger partial charge < -0.3 is 10.4 Å². The number of phenolic OH excluding ortho intramolecular Hbond substituents is 1. The van der Waals surface area contributed by atoms with E-state index in [0.717, 1.165) is 29.5 Å². The first-order valence-corrected chi connectivity index (χ1v) is 6.65. The van der Waals surface area contributed by atoms with Crippen molar-refractivity contribution in [1.29, 1.82) is 0 Å². The van der Waals surface area contributed by atoms with E-state index in [1.165, 1.54) is 18.4 Å². The minimum absolute atomic E-state index is 0.396. The van der Waals surface area contributed by atoms with E-state index < -0.39 is 0 Å². The van der Waals surface area contributed by atoms with Crippen molar-refractivity contribution in [2.75, 3.05) is 13.1 Å². The summed E-state index contributed by atoms with van der Waals surface area (Å²) in [6, 6.07) is 4.03. The molecule has 0 spiro atoms. The maximum atomic E-state index is 9.76. The maximum Gasteiger partial charge on any atom is 0.119 e. The fourth-order valence-electron chi connectivity index (χ4n) is 2.27. The Morgan fingerprint density at radius 3 is 2.94 bits per heavy atom. The van der Waals surface area contributed by atoms with Gasteiger partial charge in [-0.05, 0) is 62.9 Å². The van der Waals surface area contributed by atoms with Crippen molar-refractivity contribution >= 4 is 15.9 Å². The van der Waals surface area contributed by atoms with Crippen molar-refractivity contribution in [3.63, 3.8) is 0 Å². The first-order chi connectivity index (χ1) is 7.66. The van der Waals surface area contributed by atoms with Crippen molar-refractivity contribution in [1.82, 2.24) is 5.32 Å². The molecule has 0 amide bonds. The second-order valence-corrected chi connectivity index (χ2v) is 5.49. The van der Waals surface area contributed by atoms with Crippen molar-refractivity contribution in [3.05, 3.63) is 27.7 Å². The Labute approximate surface area is 105 Å². The number of hydrogen-bond donors (Lipinski definition) is 2. The minimum atomic E-state index is 0.396. The van der Waals surface area contributed by atoms with Gasteiger partial charge in [0.1, 0.15) is 5.75 Å². The topological polar surface area (TPSA) is 32.3 Å². The maximum absolute atomic E-state index is 9.76. The zero-order valence-electron chi connectivity index (χ0n) is 9.59. The molecule has 0 aromatic heterocycles. The molecule has 0 saturated carbocycles. The lowest BCUT2D eigenvalue weighted by Gasteiger charge is -2.23. The standard InChI is InChI=1S/C13H18BrNO/c1-9-12(14)6-11(7-13(9)16)5-10-3-2-4-15-8-10/h6-7,10,15-16H,2-5,8H2,1H3.